The Kier molecular flexibility index (Phi) is 6.03. The maximum absolute atomic E-state index is 6.61. The van der Waals surface area contributed by atoms with Gasteiger partial charge in [-0.05, 0) is 49.4 Å². The van der Waals surface area contributed by atoms with E-state index in [1.165, 1.54) is 23.5 Å². The van der Waals surface area contributed by atoms with Crippen molar-refractivity contribution in [1.29, 1.82) is 0 Å². The van der Waals surface area contributed by atoms with E-state index in [-0.39, 0.29) is 7.92 Å². The highest BCUT2D eigenvalue weighted by Gasteiger charge is 2.38. The quantitative estimate of drug-likeness (QED) is 0.723. The van der Waals surface area contributed by atoms with Crippen LogP contribution in [-0.2, 0) is 4.74 Å². The fraction of sp³-hybridized carbons (Fsp3) is 0.500. The van der Waals surface area contributed by atoms with E-state index in [0.29, 0.717) is 16.3 Å². The molecular weight excluding hydrogens is 411 g/mol. The summed E-state index contributed by atoms with van der Waals surface area (Å²) in [7, 11) is -0.264. The molecule has 2 aromatic rings. The molecule has 2 fully saturated rings. The van der Waals surface area contributed by atoms with Crippen molar-refractivity contribution in [3.63, 3.8) is 0 Å². The van der Waals surface area contributed by atoms with Crippen LogP contribution in [-0.4, -0.2) is 49.6 Å². The number of nitrogens with two attached hydrogens (primary N) is 1. The van der Waals surface area contributed by atoms with Crippen molar-refractivity contribution in [1.82, 2.24) is 9.97 Å². The van der Waals surface area contributed by atoms with E-state index in [1.54, 1.807) is 0 Å². The van der Waals surface area contributed by atoms with Gasteiger partial charge in [-0.15, -0.1) is 0 Å². The fourth-order valence-electron chi connectivity index (χ4n) is 3.90. The minimum atomic E-state index is -0.264. The van der Waals surface area contributed by atoms with Gasteiger partial charge in [-0.25, -0.2) is 9.97 Å². The maximum Gasteiger partial charge on any atom is 0.158 e. The molecule has 2 N–H and O–H groups in total. The lowest BCUT2D eigenvalue weighted by Gasteiger charge is -2.38. The van der Waals surface area contributed by atoms with Gasteiger partial charge in [-0.1, -0.05) is 43.4 Å². The van der Waals surface area contributed by atoms with Crippen molar-refractivity contribution in [2.75, 3.05) is 50.3 Å². The number of piperidine rings is 1. The van der Waals surface area contributed by atoms with Crippen LogP contribution in [0.3, 0.4) is 0 Å². The van der Waals surface area contributed by atoms with Crippen molar-refractivity contribution in [3.8, 4) is 0 Å². The summed E-state index contributed by atoms with van der Waals surface area (Å²) in [4.78, 5) is 12.5. The molecule has 0 unspecified atom stereocenters. The van der Waals surface area contributed by atoms with Crippen LogP contribution in [0.5, 0.6) is 0 Å². The van der Waals surface area contributed by atoms with Crippen molar-refractivity contribution in [3.05, 3.63) is 29.4 Å². The lowest BCUT2D eigenvalue weighted by atomic mass is 9.78. The third-order valence-corrected chi connectivity index (χ3v) is 8.77. The number of benzene rings is 1. The zero-order chi connectivity index (χ0) is 19.7. The second kappa shape index (κ2) is 8.35. The molecule has 0 saturated carbocycles. The van der Waals surface area contributed by atoms with Gasteiger partial charge in [0.25, 0.3) is 0 Å². The van der Waals surface area contributed by atoms with Crippen molar-refractivity contribution in [2.45, 2.75) is 29.2 Å². The lowest BCUT2D eigenvalue weighted by molar-refractivity contribution is 0.133. The molecule has 8 heteroatoms. The van der Waals surface area contributed by atoms with Gasteiger partial charge in [-0.3, -0.25) is 0 Å². The molecule has 0 aliphatic carbocycles. The lowest BCUT2D eigenvalue weighted by Crippen LogP contribution is -2.41. The van der Waals surface area contributed by atoms with Gasteiger partial charge in [0.1, 0.15) is 10.8 Å². The third-order valence-electron chi connectivity index (χ3n) is 5.72. The Morgan fingerprint density at radius 2 is 2.04 bits per heavy atom. The number of nitrogens with zero attached hydrogens (tertiary/aromatic N) is 3. The van der Waals surface area contributed by atoms with Gasteiger partial charge in [0.2, 0.25) is 0 Å². The first-order valence-corrected chi connectivity index (χ1v) is 13.0. The predicted molar refractivity (Wildman–Crippen MR) is 120 cm³/mol. The summed E-state index contributed by atoms with van der Waals surface area (Å²) < 4.78 is 5.62. The number of hydrogen-bond acceptors (Lipinski definition) is 6. The molecule has 3 heterocycles. The SMILES string of the molecule is CP(C)c1cccc(Sc2ncc(N3CCC4(CCOC4)CC3)nc2N)c1Cl. The van der Waals surface area contributed by atoms with E-state index in [0.717, 1.165) is 54.9 Å². The van der Waals surface area contributed by atoms with Crippen LogP contribution in [0.1, 0.15) is 19.3 Å². The second-order valence-electron chi connectivity index (χ2n) is 7.79. The van der Waals surface area contributed by atoms with Gasteiger partial charge in [0.15, 0.2) is 5.82 Å². The highest BCUT2D eigenvalue weighted by Crippen LogP contribution is 2.41. The fourth-order valence-corrected chi connectivity index (χ4v) is 6.43. The number of ether oxygens (including phenoxy) is 1. The minimum Gasteiger partial charge on any atom is -0.381 e. The van der Waals surface area contributed by atoms with E-state index in [1.807, 2.05) is 18.3 Å². The van der Waals surface area contributed by atoms with E-state index in [9.17, 15) is 0 Å². The molecule has 0 radical (unpaired) electrons. The second-order valence-corrected chi connectivity index (χ2v) is 11.5. The predicted octanol–water partition coefficient (Wildman–Crippen LogP) is 4.24. The van der Waals surface area contributed by atoms with Crippen LogP contribution < -0.4 is 15.9 Å². The first kappa shape index (κ1) is 20.2. The maximum atomic E-state index is 6.61. The molecule has 0 amide bonds. The van der Waals surface area contributed by atoms with E-state index >= 15 is 0 Å². The number of anilines is 2. The van der Waals surface area contributed by atoms with Gasteiger partial charge < -0.3 is 15.4 Å². The van der Waals surface area contributed by atoms with Crippen LogP contribution in [0.25, 0.3) is 0 Å². The zero-order valence-corrected chi connectivity index (χ0v) is 18.8. The average Bonchev–Trinajstić information content (AvgIpc) is 3.13. The molecule has 1 aromatic heterocycles. The van der Waals surface area contributed by atoms with Crippen molar-refractivity contribution >= 4 is 48.2 Å². The molecule has 0 atom stereocenters. The molecular formula is C20H26ClN4OPS. The molecule has 5 nitrogen and oxygen atoms in total. The van der Waals surface area contributed by atoms with Crippen LogP contribution in [0.15, 0.2) is 34.3 Å². The summed E-state index contributed by atoms with van der Waals surface area (Å²) in [5.74, 6) is 1.32. The normalized spacial score (nSPS) is 18.9. The van der Waals surface area contributed by atoms with Crippen molar-refractivity contribution < 1.29 is 4.74 Å². The summed E-state index contributed by atoms with van der Waals surface area (Å²) in [5.41, 5.74) is 6.64. The first-order chi connectivity index (χ1) is 13.5. The Bertz CT molecular complexity index is 850. The van der Waals surface area contributed by atoms with E-state index in [2.05, 4.69) is 34.3 Å². The summed E-state index contributed by atoms with van der Waals surface area (Å²) >= 11 is 8.09. The van der Waals surface area contributed by atoms with Crippen LogP contribution in [0.4, 0.5) is 11.6 Å². The van der Waals surface area contributed by atoms with Gasteiger partial charge >= 0.3 is 0 Å². The van der Waals surface area contributed by atoms with Crippen LogP contribution >= 0.6 is 31.3 Å². The number of halogens is 1. The van der Waals surface area contributed by atoms with Crippen LogP contribution in [0.2, 0.25) is 5.02 Å². The molecule has 28 heavy (non-hydrogen) atoms. The number of nitrogen functional groups attached to an aromatic ring is 1. The molecule has 2 aliphatic heterocycles. The van der Waals surface area contributed by atoms with Gasteiger partial charge in [0.05, 0.1) is 17.8 Å². The zero-order valence-electron chi connectivity index (χ0n) is 16.3. The molecule has 2 aliphatic rings. The summed E-state index contributed by atoms with van der Waals surface area (Å²) in [6.45, 7) is 8.17. The topological polar surface area (TPSA) is 64.3 Å². The Balaban J connectivity index is 1.47. The highest BCUT2D eigenvalue weighted by atomic mass is 35.5. The number of rotatable bonds is 4. The summed E-state index contributed by atoms with van der Waals surface area (Å²) in [6.07, 6.45) is 5.31. The molecule has 150 valence electrons. The summed E-state index contributed by atoms with van der Waals surface area (Å²) in [6, 6.07) is 6.15. The Morgan fingerprint density at radius 3 is 2.68 bits per heavy atom. The Morgan fingerprint density at radius 1 is 1.25 bits per heavy atom. The molecule has 0 bridgehead atoms. The molecule has 4 rings (SSSR count). The van der Waals surface area contributed by atoms with Crippen molar-refractivity contribution in [2.24, 2.45) is 5.41 Å². The average molecular weight is 437 g/mol. The molecule has 1 aromatic carbocycles. The molecule has 1 spiro atoms. The monoisotopic (exact) mass is 436 g/mol. The Hall–Kier alpha value is -1.07. The smallest absolute Gasteiger partial charge is 0.158 e. The largest absolute Gasteiger partial charge is 0.381 e. The van der Waals surface area contributed by atoms with E-state index in [4.69, 9.17) is 22.1 Å². The van der Waals surface area contributed by atoms with E-state index < -0.39 is 0 Å². The number of aromatic nitrogens is 2. The highest BCUT2D eigenvalue weighted by molar-refractivity contribution is 7.99. The third kappa shape index (κ3) is 4.11. The standard InChI is InChI=1S/C20H26ClN4OPS/c1-27(2)14-4-3-5-15(17(14)21)28-19-18(22)24-16(12-23-19)25-9-6-20(7-10-25)8-11-26-13-20/h3-5,12H,6-11,13H2,1-2H3,(H2,22,24). The molecule has 2 saturated heterocycles. The van der Waals surface area contributed by atoms with Gasteiger partial charge in [-0.2, -0.15) is 0 Å². The summed E-state index contributed by atoms with van der Waals surface area (Å²) in [5, 5.41) is 2.70. The Labute approximate surface area is 177 Å². The van der Waals surface area contributed by atoms with Crippen LogP contribution in [0, 0.1) is 5.41 Å². The van der Waals surface area contributed by atoms with Gasteiger partial charge in [0, 0.05) is 24.6 Å². The minimum absolute atomic E-state index is 0.264. The number of hydrogen-bond donors (Lipinski definition) is 1. The first-order valence-electron chi connectivity index (χ1n) is 9.56.